The number of methoxy groups -OCH3 is 1. The van der Waals surface area contributed by atoms with Gasteiger partial charge in [-0.3, -0.25) is 4.98 Å². The number of aromatic nitrogens is 1. The van der Waals surface area contributed by atoms with Gasteiger partial charge < -0.3 is 14.9 Å². The van der Waals surface area contributed by atoms with Crippen LogP contribution < -0.4 is 0 Å². The molecule has 0 aliphatic rings. The lowest BCUT2D eigenvalue weighted by molar-refractivity contribution is 0.102. The normalized spacial score (nSPS) is 14.0. The van der Waals surface area contributed by atoms with Gasteiger partial charge in [-0.1, -0.05) is 58.9 Å². The summed E-state index contributed by atoms with van der Waals surface area (Å²) in [5, 5.41) is 20.3. The number of rotatable bonds is 10. The molecule has 2 aromatic rings. The molecule has 0 aliphatic heterocycles. The number of halogens is 1. The Morgan fingerprint density at radius 3 is 2.16 bits per heavy atom. The second-order valence-corrected chi connectivity index (χ2v) is 8.62. The van der Waals surface area contributed by atoms with Crippen LogP contribution in [0.25, 0.3) is 17.2 Å². The Hall–Kier alpha value is -2.08. The molecule has 5 heteroatoms. The van der Waals surface area contributed by atoms with Gasteiger partial charge in [-0.25, -0.2) is 4.39 Å². The molecule has 2 atom stereocenters. The monoisotopic (exact) mass is 429 g/mol. The number of aliphatic hydroxyl groups is 2. The molecule has 170 valence electrons. The minimum absolute atomic E-state index is 0.145. The standard InChI is InChI=1S/C26H36FNO3/c1-7-20(29)14-21(30)12-13-22-24(18-8-10-19(27)11-9-18)23(15-31-6)26(17(4)5)28-25(22)16(2)3/h8-13,16-17,20-21,29-30H,7,14-15H2,1-6H3. The third-order valence-corrected chi connectivity index (χ3v) is 5.38. The van der Waals surface area contributed by atoms with Gasteiger partial charge in [0.05, 0.1) is 24.5 Å². The zero-order valence-corrected chi connectivity index (χ0v) is 19.5. The first-order chi connectivity index (χ1) is 14.7. The van der Waals surface area contributed by atoms with E-state index in [0.29, 0.717) is 13.0 Å². The summed E-state index contributed by atoms with van der Waals surface area (Å²) in [5.41, 5.74) is 5.57. The fourth-order valence-corrected chi connectivity index (χ4v) is 3.73. The summed E-state index contributed by atoms with van der Waals surface area (Å²) in [5.74, 6) is 0.0387. The molecule has 2 rings (SSSR count). The summed E-state index contributed by atoms with van der Waals surface area (Å²) in [7, 11) is 1.65. The van der Waals surface area contributed by atoms with Crippen molar-refractivity contribution in [3.8, 4) is 11.1 Å². The Morgan fingerprint density at radius 2 is 1.65 bits per heavy atom. The molecule has 0 saturated carbocycles. The number of hydrogen-bond donors (Lipinski definition) is 2. The van der Waals surface area contributed by atoms with Crippen LogP contribution >= 0.6 is 0 Å². The Morgan fingerprint density at radius 1 is 1.03 bits per heavy atom. The highest BCUT2D eigenvalue weighted by Crippen LogP contribution is 2.37. The molecule has 2 unspecified atom stereocenters. The molecule has 0 saturated heterocycles. The third kappa shape index (κ3) is 6.45. The molecular formula is C26H36FNO3. The second kappa shape index (κ2) is 11.5. The van der Waals surface area contributed by atoms with E-state index in [1.54, 1.807) is 25.3 Å². The van der Waals surface area contributed by atoms with Crippen molar-refractivity contribution in [2.24, 2.45) is 0 Å². The van der Waals surface area contributed by atoms with E-state index in [0.717, 1.165) is 33.6 Å². The van der Waals surface area contributed by atoms with Gasteiger partial charge in [-0.15, -0.1) is 0 Å². The minimum Gasteiger partial charge on any atom is -0.393 e. The number of ether oxygens (including phenoxy) is 1. The van der Waals surface area contributed by atoms with E-state index in [4.69, 9.17) is 9.72 Å². The summed E-state index contributed by atoms with van der Waals surface area (Å²) < 4.78 is 19.2. The fraction of sp³-hybridized carbons (Fsp3) is 0.500. The van der Waals surface area contributed by atoms with Gasteiger partial charge in [-0.2, -0.15) is 0 Å². The SMILES string of the molecule is CCC(O)CC(O)C=Cc1c(C(C)C)nc(C(C)C)c(COC)c1-c1ccc(F)cc1. The van der Waals surface area contributed by atoms with Crippen LogP contribution in [-0.4, -0.2) is 34.5 Å². The van der Waals surface area contributed by atoms with Gasteiger partial charge in [0, 0.05) is 30.4 Å². The number of hydrogen-bond acceptors (Lipinski definition) is 4. The Kier molecular flexibility index (Phi) is 9.35. The molecule has 1 heterocycles. The smallest absolute Gasteiger partial charge is 0.123 e. The van der Waals surface area contributed by atoms with Gasteiger partial charge in [0.2, 0.25) is 0 Å². The van der Waals surface area contributed by atoms with E-state index >= 15 is 0 Å². The molecule has 0 bridgehead atoms. The maximum Gasteiger partial charge on any atom is 0.123 e. The van der Waals surface area contributed by atoms with Crippen LogP contribution in [0.5, 0.6) is 0 Å². The summed E-state index contributed by atoms with van der Waals surface area (Å²) in [4.78, 5) is 5.01. The van der Waals surface area contributed by atoms with Gasteiger partial charge in [0.15, 0.2) is 0 Å². The Labute approximate surface area is 185 Å². The van der Waals surface area contributed by atoms with Crippen molar-refractivity contribution in [2.75, 3.05) is 7.11 Å². The van der Waals surface area contributed by atoms with E-state index in [1.807, 2.05) is 13.0 Å². The first-order valence-corrected chi connectivity index (χ1v) is 11.0. The lowest BCUT2D eigenvalue weighted by Crippen LogP contribution is -2.15. The lowest BCUT2D eigenvalue weighted by atomic mass is 9.87. The number of nitrogens with zero attached hydrogens (tertiary/aromatic N) is 1. The molecule has 2 N–H and O–H groups in total. The van der Waals surface area contributed by atoms with Crippen LogP contribution in [0.3, 0.4) is 0 Å². The average molecular weight is 430 g/mol. The number of pyridine rings is 1. The van der Waals surface area contributed by atoms with Crippen LogP contribution in [0.2, 0.25) is 0 Å². The molecule has 0 radical (unpaired) electrons. The van der Waals surface area contributed by atoms with Crippen molar-refractivity contribution in [1.82, 2.24) is 4.98 Å². The number of aliphatic hydroxyl groups excluding tert-OH is 2. The topological polar surface area (TPSA) is 62.6 Å². The number of benzene rings is 1. The van der Waals surface area contributed by atoms with E-state index in [9.17, 15) is 14.6 Å². The van der Waals surface area contributed by atoms with Crippen molar-refractivity contribution in [3.63, 3.8) is 0 Å². The Balaban J connectivity index is 2.77. The lowest BCUT2D eigenvalue weighted by Gasteiger charge is -2.23. The van der Waals surface area contributed by atoms with Crippen molar-refractivity contribution in [2.45, 2.75) is 78.1 Å². The summed E-state index contributed by atoms with van der Waals surface area (Å²) in [6.07, 6.45) is 3.14. The summed E-state index contributed by atoms with van der Waals surface area (Å²) >= 11 is 0. The second-order valence-electron chi connectivity index (χ2n) is 8.62. The van der Waals surface area contributed by atoms with Crippen molar-refractivity contribution in [1.29, 1.82) is 0 Å². The molecule has 0 aliphatic carbocycles. The van der Waals surface area contributed by atoms with E-state index in [-0.39, 0.29) is 24.1 Å². The highest BCUT2D eigenvalue weighted by atomic mass is 19.1. The third-order valence-electron chi connectivity index (χ3n) is 5.38. The molecule has 1 aromatic heterocycles. The quantitative estimate of drug-likeness (QED) is 0.500. The first kappa shape index (κ1) is 25.2. The molecule has 31 heavy (non-hydrogen) atoms. The molecule has 4 nitrogen and oxygen atoms in total. The molecule has 0 amide bonds. The highest BCUT2D eigenvalue weighted by molar-refractivity contribution is 5.80. The van der Waals surface area contributed by atoms with E-state index in [1.165, 1.54) is 12.1 Å². The van der Waals surface area contributed by atoms with Crippen LogP contribution in [0.15, 0.2) is 30.3 Å². The van der Waals surface area contributed by atoms with Crippen LogP contribution in [0, 0.1) is 5.82 Å². The van der Waals surface area contributed by atoms with Gasteiger partial charge in [-0.05, 0) is 41.5 Å². The summed E-state index contributed by atoms with van der Waals surface area (Å²) in [6.45, 7) is 10.6. The van der Waals surface area contributed by atoms with Crippen molar-refractivity contribution >= 4 is 6.08 Å². The fourth-order valence-electron chi connectivity index (χ4n) is 3.73. The maximum atomic E-state index is 13.7. The van der Waals surface area contributed by atoms with Crippen LogP contribution in [0.1, 0.15) is 81.8 Å². The molecule has 0 fully saturated rings. The van der Waals surface area contributed by atoms with Crippen molar-refractivity contribution in [3.05, 3.63) is 58.7 Å². The predicted octanol–water partition coefficient (Wildman–Crippen LogP) is 5.82. The molecule has 1 aromatic carbocycles. The molecule has 0 spiro atoms. The van der Waals surface area contributed by atoms with Gasteiger partial charge in [0.1, 0.15) is 5.82 Å². The molecular weight excluding hydrogens is 393 g/mol. The predicted molar refractivity (Wildman–Crippen MR) is 124 cm³/mol. The maximum absolute atomic E-state index is 13.7. The zero-order chi connectivity index (χ0) is 23.1. The van der Waals surface area contributed by atoms with Crippen molar-refractivity contribution < 1.29 is 19.3 Å². The summed E-state index contributed by atoms with van der Waals surface area (Å²) in [6, 6.07) is 6.45. The average Bonchev–Trinajstić information content (AvgIpc) is 2.72. The Bertz CT molecular complexity index is 875. The largest absolute Gasteiger partial charge is 0.393 e. The van der Waals surface area contributed by atoms with Gasteiger partial charge in [0.25, 0.3) is 0 Å². The van der Waals surface area contributed by atoms with E-state index < -0.39 is 12.2 Å². The minimum atomic E-state index is -0.772. The zero-order valence-electron chi connectivity index (χ0n) is 19.5. The first-order valence-electron chi connectivity index (χ1n) is 11.0. The van der Waals surface area contributed by atoms with Crippen LogP contribution in [0.4, 0.5) is 4.39 Å². The van der Waals surface area contributed by atoms with Gasteiger partial charge >= 0.3 is 0 Å². The highest BCUT2D eigenvalue weighted by Gasteiger charge is 2.23. The van der Waals surface area contributed by atoms with E-state index in [2.05, 4.69) is 27.7 Å². The van der Waals surface area contributed by atoms with Crippen LogP contribution in [-0.2, 0) is 11.3 Å².